The van der Waals surface area contributed by atoms with Crippen molar-refractivity contribution in [3.8, 4) is 0 Å². The molecule has 0 N–H and O–H groups in total. The van der Waals surface area contributed by atoms with Crippen molar-refractivity contribution in [1.29, 1.82) is 0 Å². The minimum Gasteiger partial charge on any atom is -0.462 e. The third-order valence-electron chi connectivity index (χ3n) is 8.40. The standard InChI is InChI=1S/C54H78O6/c1-4-7-10-13-16-19-22-24-26-28-29-32-35-38-41-44-47-53(56)59-50-51(49-58-52(55)46-43-40-37-34-31-21-18-15-12-9-6-3)60-54(57)48-45-42-39-36-33-30-27-25-23-20-17-14-11-8-5-2/h7-12,14,16-21,23-27,29-30,32-34,37-38,41,51H,4-6,13,15,22,28,31,35-36,39-40,42-50H2,1-3H3/b10-7-,11-8-,12-9-,17-14-,19-16-,21-18-,23-20-,26-24-,27-25-,32-29-,33-30-,37-34-,41-38-. The smallest absolute Gasteiger partial charge is 0.306 e. The second kappa shape index (κ2) is 46.7. The Kier molecular flexibility index (Phi) is 42.8. The van der Waals surface area contributed by atoms with E-state index in [1.807, 2.05) is 60.8 Å². The van der Waals surface area contributed by atoms with Crippen LogP contribution in [0.5, 0.6) is 0 Å². The Balaban J connectivity index is 4.68. The van der Waals surface area contributed by atoms with Crippen molar-refractivity contribution in [2.24, 2.45) is 0 Å². The molecule has 0 aromatic heterocycles. The summed E-state index contributed by atoms with van der Waals surface area (Å²) in [4.78, 5) is 37.7. The molecule has 0 aliphatic rings. The summed E-state index contributed by atoms with van der Waals surface area (Å²) in [5.41, 5.74) is 0. The van der Waals surface area contributed by atoms with Crippen LogP contribution in [0.15, 0.2) is 158 Å². The SMILES string of the molecule is CC\C=C/C=C\C=C/C=C\C=C/CCCCCC(=O)OC(COC(=O)CC/C=C\C/C=C\C/C=C\C/C=C\C/C=C\CC)COC(=O)CCC/C=C\C/C=C\C/C=C\CC. The fourth-order valence-corrected chi connectivity index (χ4v) is 5.12. The molecule has 6 nitrogen and oxygen atoms in total. The van der Waals surface area contributed by atoms with Gasteiger partial charge in [-0.2, -0.15) is 0 Å². The molecule has 0 aliphatic heterocycles. The van der Waals surface area contributed by atoms with Crippen molar-refractivity contribution in [2.75, 3.05) is 13.2 Å². The van der Waals surface area contributed by atoms with E-state index >= 15 is 0 Å². The fraction of sp³-hybridized carbons (Fsp3) is 0.463. The Hall–Kier alpha value is -4.97. The lowest BCUT2D eigenvalue weighted by Crippen LogP contribution is -2.30. The maximum absolute atomic E-state index is 12.7. The van der Waals surface area contributed by atoms with Crippen molar-refractivity contribution in [2.45, 2.75) is 149 Å². The van der Waals surface area contributed by atoms with Gasteiger partial charge in [-0.3, -0.25) is 14.4 Å². The number of carbonyl (C=O) groups excluding carboxylic acids is 3. The first-order valence-corrected chi connectivity index (χ1v) is 22.6. The van der Waals surface area contributed by atoms with E-state index in [0.717, 1.165) is 83.5 Å². The van der Waals surface area contributed by atoms with Gasteiger partial charge in [0, 0.05) is 19.3 Å². The highest BCUT2D eigenvalue weighted by Gasteiger charge is 2.19. The summed E-state index contributed by atoms with van der Waals surface area (Å²) in [5, 5.41) is 0. The molecule has 0 saturated carbocycles. The molecule has 0 saturated heterocycles. The molecule has 60 heavy (non-hydrogen) atoms. The normalized spacial score (nSPS) is 13.6. The van der Waals surface area contributed by atoms with Gasteiger partial charge in [-0.05, 0) is 96.3 Å². The van der Waals surface area contributed by atoms with E-state index in [1.165, 1.54) is 0 Å². The van der Waals surface area contributed by atoms with Crippen LogP contribution in [-0.4, -0.2) is 37.2 Å². The van der Waals surface area contributed by atoms with Gasteiger partial charge in [0.15, 0.2) is 6.10 Å². The van der Waals surface area contributed by atoms with Gasteiger partial charge in [-0.15, -0.1) is 0 Å². The lowest BCUT2D eigenvalue weighted by atomic mass is 10.1. The van der Waals surface area contributed by atoms with Crippen molar-refractivity contribution in [3.63, 3.8) is 0 Å². The molecular formula is C54H78O6. The molecule has 0 aromatic rings. The van der Waals surface area contributed by atoms with E-state index in [4.69, 9.17) is 14.2 Å². The zero-order valence-electron chi connectivity index (χ0n) is 37.4. The zero-order valence-corrected chi connectivity index (χ0v) is 37.4. The van der Waals surface area contributed by atoms with Gasteiger partial charge in [0.2, 0.25) is 0 Å². The van der Waals surface area contributed by atoms with Gasteiger partial charge in [0.25, 0.3) is 0 Å². The number of ether oxygens (including phenoxy) is 3. The molecule has 0 amide bonds. The Morgan fingerprint density at radius 3 is 1.23 bits per heavy atom. The quantitative estimate of drug-likeness (QED) is 0.0204. The molecule has 0 fully saturated rings. The van der Waals surface area contributed by atoms with E-state index in [-0.39, 0.29) is 38.4 Å². The largest absolute Gasteiger partial charge is 0.462 e. The summed E-state index contributed by atoms with van der Waals surface area (Å²) in [6.45, 7) is 6.06. The summed E-state index contributed by atoms with van der Waals surface area (Å²) in [7, 11) is 0. The summed E-state index contributed by atoms with van der Waals surface area (Å²) < 4.78 is 16.5. The first-order chi connectivity index (χ1) is 29.5. The third-order valence-corrected chi connectivity index (χ3v) is 8.40. The maximum Gasteiger partial charge on any atom is 0.306 e. The number of rotatable bonds is 37. The van der Waals surface area contributed by atoms with Crippen LogP contribution in [0.3, 0.4) is 0 Å². The Morgan fingerprint density at radius 2 is 0.733 bits per heavy atom. The average molecular weight is 823 g/mol. The van der Waals surface area contributed by atoms with Crippen molar-refractivity contribution >= 4 is 17.9 Å². The lowest BCUT2D eigenvalue weighted by Gasteiger charge is -2.18. The van der Waals surface area contributed by atoms with Crippen LogP contribution >= 0.6 is 0 Å². The highest BCUT2D eigenvalue weighted by atomic mass is 16.6. The van der Waals surface area contributed by atoms with E-state index in [9.17, 15) is 14.4 Å². The summed E-state index contributed by atoms with van der Waals surface area (Å²) >= 11 is 0. The van der Waals surface area contributed by atoms with E-state index in [0.29, 0.717) is 19.3 Å². The van der Waals surface area contributed by atoms with E-state index < -0.39 is 18.0 Å². The van der Waals surface area contributed by atoms with Crippen LogP contribution in [0, 0.1) is 0 Å². The van der Waals surface area contributed by atoms with Crippen LogP contribution in [0.25, 0.3) is 0 Å². The van der Waals surface area contributed by atoms with Gasteiger partial charge in [0.1, 0.15) is 13.2 Å². The Morgan fingerprint density at radius 1 is 0.350 bits per heavy atom. The van der Waals surface area contributed by atoms with Crippen molar-refractivity contribution in [3.05, 3.63) is 158 Å². The molecule has 330 valence electrons. The number of hydrogen-bond acceptors (Lipinski definition) is 6. The fourth-order valence-electron chi connectivity index (χ4n) is 5.12. The highest BCUT2D eigenvalue weighted by molar-refractivity contribution is 5.71. The molecule has 1 unspecified atom stereocenters. The minimum atomic E-state index is -0.856. The number of hydrogen-bond donors (Lipinski definition) is 0. The summed E-state index contributed by atoms with van der Waals surface area (Å²) in [5.74, 6) is -1.15. The second-order valence-corrected chi connectivity index (χ2v) is 13.9. The first-order valence-electron chi connectivity index (χ1n) is 22.6. The predicted molar refractivity (Wildman–Crippen MR) is 255 cm³/mol. The lowest BCUT2D eigenvalue weighted by molar-refractivity contribution is -0.166. The van der Waals surface area contributed by atoms with Crippen LogP contribution in [-0.2, 0) is 28.6 Å². The van der Waals surface area contributed by atoms with Gasteiger partial charge < -0.3 is 14.2 Å². The third kappa shape index (κ3) is 44.1. The van der Waals surface area contributed by atoms with Crippen LogP contribution in [0.1, 0.15) is 143 Å². The molecule has 0 spiro atoms. The topological polar surface area (TPSA) is 78.9 Å². The Bertz CT molecular complexity index is 1460. The van der Waals surface area contributed by atoms with Crippen LogP contribution in [0.4, 0.5) is 0 Å². The predicted octanol–water partition coefficient (Wildman–Crippen LogP) is 14.7. The number of esters is 3. The van der Waals surface area contributed by atoms with Crippen molar-refractivity contribution in [1.82, 2.24) is 0 Å². The van der Waals surface area contributed by atoms with Crippen molar-refractivity contribution < 1.29 is 28.6 Å². The highest BCUT2D eigenvalue weighted by Crippen LogP contribution is 2.09. The molecular weight excluding hydrogens is 745 g/mol. The van der Waals surface area contributed by atoms with Gasteiger partial charge in [0.05, 0.1) is 0 Å². The molecule has 0 radical (unpaired) electrons. The van der Waals surface area contributed by atoms with E-state index in [1.54, 1.807) is 0 Å². The molecule has 0 rings (SSSR count). The molecule has 0 aromatic carbocycles. The Labute approximate surface area is 365 Å². The van der Waals surface area contributed by atoms with Crippen LogP contribution < -0.4 is 0 Å². The summed E-state index contributed by atoms with van der Waals surface area (Å²) in [6.07, 6.45) is 68.2. The zero-order chi connectivity index (χ0) is 43.7. The molecule has 0 bridgehead atoms. The second-order valence-electron chi connectivity index (χ2n) is 13.9. The summed E-state index contributed by atoms with van der Waals surface area (Å²) in [6, 6.07) is 0. The van der Waals surface area contributed by atoms with Gasteiger partial charge in [-0.1, -0.05) is 185 Å². The number of unbranched alkanes of at least 4 members (excludes halogenated alkanes) is 4. The molecule has 0 heterocycles. The van der Waals surface area contributed by atoms with Gasteiger partial charge in [-0.25, -0.2) is 0 Å². The van der Waals surface area contributed by atoms with Gasteiger partial charge >= 0.3 is 17.9 Å². The first kappa shape index (κ1) is 55.0. The molecule has 1 atom stereocenters. The number of allylic oxidation sites excluding steroid dienone is 26. The minimum absolute atomic E-state index is 0.153. The maximum atomic E-state index is 12.7. The van der Waals surface area contributed by atoms with Crippen LogP contribution in [0.2, 0.25) is 0 Å². The van der Waals surface area contributed by atoms with E-state index in [2.05, 4.69) is 118 Å². The number of carbonyl (C=O) groups is 3. The molecule has 0 aliphatic carbocycles. The molecule has 6 heteroatoms. The monoisotopic (exact) mass is 823 g/mol. The average Bonchev–Trinajstić information content (AvgIpc) is 3.24.